The molecular weight excluding hydrogens is 246 g/mol. The van der Waals surface area contributed by atoms with Gasteiger partial charge >= 0.3 is 0 Å². The minimum absolute atomic E-state index is 0.0294. The fraction of sp³-hybridized carbons (Fsp3) is 0.308. The Morgan fingerprint density at radius 1 is 1.42 bits per heavy atom. The van der Waals surface area contributed by atoms with E-state index >= 15 is 0 Å². The summed E-state index contributed by atoms with van der Waals surface area (Å²) in [6.45, 7) is 0.116. The maximum Gasteiger partial charge on any atom is 0.293 e. The van der Waals surface area contributed by atoms with Crippen LogP contribution in [-0.4, -0.2) is 21.4 Å². The van der Waals surface area contributed by atoms with Crippen LogP contribution in [0.5, 0.6) is 0 Å². The number of non-ortho nitro benzene ring substituents is 1. The Morgan fingerprint density at radius 2 is 2.21 bits per heavy atom. The normalized spacial score (nSPS) is 14.5. The van der Waals surface area contributed by atoms with Crippen molar-refractivity contribution >= 4 is 22.5 Å². The summed E-state index contributed by atoms with van der Waals surface area (Å²) in [5.74, 6) is -0.0989. The monoisotopic (exact) mass is 259 g/mol. The number of nitrogens with zero attached hydrogens (tertiary/aromatic N) is 2. The Morgan fingerprint density at radius 3 is 2.89 bits per heavy atom. The molecule has 19 heavy (non-hydrogen) atoms. The van der Waals surface area contributed by atoms with Crippen molar-refractivity contribution in [2.24, 2.45) is 0 Å². The SMILES string of the molecule is O=C(Cn1ccc2cccc([N+](=O)[O-])c21)NC1CC1. The van der Waals surface area contributed by atoms with Crippen molar-refractivity contribution in [3.8, 4) is 0 Å². The summed E-state index contributed by atoms with van der Waals surface area (Å²) in [7, 11) is 0. The first-order valence-corrected chi connectivity index (χ1v) is 6.17. The number of rotatable bonds is 4. The van der Waals surface area contributed by atoms with Crippen LogP contribution in [0, 0.1) is 10.1 Å². The lowest BCUT2D eigenvalue weighted by Gasteiger charge is -2.06. The van der Waals surface area contributed by atoms with E-state index in [-0.39, 0.29) is 18.1 Å². The Bertz CT molecular complexity index is 658. The molecule has 0 unspecified atom stereocenters. The van der Waals surface area contributed by atoms with E-state index < -0.39 is 4.92 Å². The Kier molecular flexibility index (Phi) is 2.70. The number of nitrogens with one attached hydrogen (secondary N) is 1. The van der Waals surface area contributed by atoms with Gasteiger partial charge in [-0.25, -0.2) is 0 Å². The van der Waals surface area contributed by atoms with Crippen LogP contribution in [-0.2, 0) is 11.3 Å². The van der Waals surface area contributed by atoms with E-state index in [1.54, 1.807) is 29.0 Å². The molecule has 6 nitrogen and oxygen atoms in total. The molecule has 1 fully saturated rings. The summed E-state index contributed by atoms with van der Waals surface area (Å²) >= 11 is 0. The molecule has 1 N–H and O–H groups in total. The first kappa shape index (κ1) is 11.7. The first-order valence-electron chi connectivity index (χ1n) is 6.17. The molecule has 0 radical (unpaired) electrons. The van der Waals surface area contributed by atoms with Gasteiger partial charge in [0.2, 0.25) is 5.91 Å². The van der Waals surface area contributed by atoms with Gasteiger partial charge in [0, 0.05) is 23.7 Å². The summed E-state index contributed by atoms with van der Waals surface area (Å²) in [4.78, 5) is 22.4. The smallest absolute Gasteiger partial charge is 0.293 e. The van der Waals surface area contributed by atoms with E-state index in [0.29, 0.717) is 11.6 Å². The van der Waals surface area contributed by atoms with Gasteiger partial charge in [0.25, 0.3) is 5.69 Å². The summed E-state index contributed by atoms with van der Waals surface area (Å²) < 4.78 is 1.63. The molecule has 1 aromatic heterocycles. The number of carbonyl (C=O) groups excluding carboxylic acids is 1. The van der Waals surface area contributed by atoms with Crippen LogP contribution >= 0.6 is 0 Å². The Balaban J connectivity index is 1.94. The molecule has 3 rings (SSSR count). The van der Waals surface area contributed by atoms with E-state index in [1.165, 1.54) is 6.07 Å². The van der Waals surface area contributed by atoms with E-state index in [2.05, 4.69) is 5.32 Å². The number of aromatic nitrogens is 1. The molecule has 1 amide bonds. The zero-order valence-corrected chi connectivity index (χ0v) is 10.2. The molecule has 98 valence electrons. The number of nitro groups is 1. The van der Waals surface area contributed by atoms with Crippen LogP contribution < -0.4 is 5.32 Å². The van der Waals surface area contributed by atoms with Crippen LogP contribution in [0.25, 0.3) is 10.9 Å². The van der Waals surface area contributed by atoms with Gasteiger partial charge in [0.1, 0.15) is 12.1 Å². The highest BCUT2D eigenvalue weighted by atomic mass is 16.6. The van der Waals surface area contributed by atoms with Crippen molar-refractivity contribution < 1.29 is 9.72 Å². The molecule has 0 bridgehead atoms. The minimum atomic E-state index is -0.419. The number of hydrogen-bond acceptors (Lipinski definition) is 3. The Hall–Kier alpha value is -2.37. The zero-order chi connectivity index (χ0) is 13.4. The van der Waals surface area contributed by atoms with E-state index in [0.717, 1.165) is 18.2 Å². The lowest BCUT2D eigenvalue weighted by atomic mass is 10.2. The second kappa shape index (κ2) is 4.38. The molecule has 2 aromatic rings. The molecule has 1 aromatic carbocycles. The number of hydrogen-bond donors (Lipinski definition) is 1. The number of nitro benzene ring substituents is 1. The van der Waals surface area contributed by atoms with Gasteiger partial charge in [0.05, 0.1) is 4.92 Å². The highest BCUT2D eigenvalue weighted by molar-refractivity contribution is 5.90. The highest BCUT2D eigenvalue weighted by Crippen LogP contribution is 2.26. The van der Waals surface area contributed by atoms with E-state index in [4.69, 9.17) is 0 Å². The third kappa shape index (κ3) is 2.29. The second-order valence-electron chi connectivity index (χ2n) is 4.76. The van der Waals surface area contributed by atoms with Gasteiger partial charge in [0.15, 0.2) is 0 Å². The molecule has 1 saturated carbocycles. The molecule has 1 aliphatic carbocycles. The molecule has 0 saturated heterocycles. The number of fused-ring (bicyclic) bond motifs is 1. The fourth-order valence-corrected chi connectivity index (χ4v) is 2.18. The summed E-state index contributed by atoms with van der Waals surface area (Å²) in [5.41, 5.74) is 0.528. The topological polar surface area (TPSA) is 77.2 Å². The third-order valence-corrected chi connectivity index (χ3v) is 3.22. The van der Waals surface area contributed by atoms with Crippen LogP contribution in [0.15, 0.2) is 30.5 Å². The average molecular weight is 259 g/mol. The number of amides is 1. The van der Waals surface area contributed by atoms with Crippen molar-refractivity contribution in [2.75, 3.05) is 0 Å². The minimum Gasteiger partial charge on any atom is -0.352 e. The summed E-state index contributed by atoms with van der Waals surface area (Å²) in [5, 5.41) is 14.7. The third-order valence-electron chi connectivity index (χ3n) is 3.22. The molecule has 0 atom stereocenters. The van der Waals surface area contributed by atoms with Gasteiger partial charge < -0.3 is 9.88 Å². The summed E-state index contributed by atoms with van der Waals surface area (Å²) in [6, 6.07) is 6.99. The van der Waals surface area contributed by atoms with Crippen LogP contribution in [0.4, 0.5) is 5.69 Å². The maximum absolute atomic E-state index is 11.8. The van der Waals surface area contributed by atoms with Gasteiger partial charge in [-0.3, -0.25) is 14.9 Å². The molecule has 1 aliphatic rings. The average Bonchev–Trinajstić information content (AvgIpc) is 3.09. The zero-order valence-electron chi connectivity index (χ0n) is 10.2. The lowest BCUT2D eigenvalue weighted by molar-refractivity contribution is -0.383. The number of para-hydroxylation sites is 1. The quantitative estimate of drug-likeness (QED) is 0.672. The standard InChI is InChI=1S/C13H13N3O3/c17-12(14-10-4-5-10)8-15-7-6-9-2-1-3-11(13(9)15)16(18)19/h1-3,6-7,10H,4-5,8H2,(H,14,17). The molecule has 6 heteroatoms. The largest absolute Gasteiger partial charge is 0.352 e. The predicted molar refractivity (Wildman–Crippen MR) is 69.8 cm³/mol. The van der Waals surface area contributed by atoms with E-state index in [9.17, 15) is 14.9 Å². The van der Waals surface area contributed by atoms with Gasteiger partial charge in [-0.1, -0.05) is 12.1 Å². The maximum atomic E-state index is 11.8. The second-order valence-corrected chi connectivity index (χ2v) is 4.76. The summed E-state index contributed by atoms with van der Waals surface area (Å²) in [6.07, 6.45) is 3.76. The van der Waals surface area contributed by atoms with E-state index in [1.807, 2.05) is 0 Å². The molecule has 0 aliphatic heterocycles. The van der Waals surface area contributed by atoms with Crippen LogP contribution in [0.3, 0.4) is 0 Å². The molecule has 0 spiro atoms. The molecular formula is C13H13N3O3. The van der Waals surface area contributed by atoms with Gasteiger partial charge in [-0.15, -0.1) is 0 Å². The fourth-order valence-electron chi connectivity index (χ4n) is 2.18. The lowest BCUT2D eigenvalue weighted by Crippen LogP contribution is -2.29. The van der Waals surface area contributed by atoms with Gasteiger partial charge in [-0.2, -0.15) is 0 Å². The van der Waals surface area contributed by atoms with Gasteiger partial charge in [-0.05, 0) is 18.9 Å². The Labute approximate surface area is 109 Å². The van der Waals surface area contributed by atoms with Crippen molar-refractivity contribution in [3.63, 3.8) is 0 Å². The van der Waals surface area contributed by atoms with Crippen molar-refractivity contribution in [2.45, 2.75) is 25.4 Å². The first-order chi connectivity index (χ1) is 9.15. The number of benzene rings is 1. The van der Waals surface area contributed by atoms with Crippen molar-refractivity contribution in [1.82, 2.24) is 9.88 Å². The van der Waals surface area contributed by atoms with Crippen LogP contribution in [0.2, 0.25) is 0 Å². The number of carbonyl (C=O) groups is 1. The van der Waals surface area contributed by atoms with Crippen molar-refractivity contribution in [1.29, 1.82) is 0 Å². The van der Waals surface area contributed by atoms with Crippen molar-refractivity contribution in [3.05, 3.63) is 40.6 Å². The van der Waals surface area contributed by atoms with Crippen LogP contribution in [0.1, 0.15) is 12.8 Å². The molecule has 1 heterocycles. The predicted octanol–water partition coefficient (Wildman–Crippen LogP) is 1.83. The highest BCUT2D eigenvalue weighted by Gasteiger charge is 2.24.